The molecule has 1 aromatic rings. The first-order valence-electron chi connectivity index (χ1n) is 7.06. The van der Waals surface area contributed by atoms with Crippen LogP contribution in [0.15, 0.2) is 10.5 Å². The van der Waals surface area contributed by atoms with E-state index in [2.05, 4.69) is 21.2 Å². The lowest BCUT2D eigenvalue weighted by atomic mass is 9.91. The normalized spacial score (nSPS) is 21.6. The van der Waals surface area contributed by atoms with Gasteiger partial charge in [-0.3, -0.25) is 4.79 Å². The molecule has 2 heterocycles. The predicted molar refractivity (Wildman–Crippen MR) is 79.8 cm³/mol. The Balaban J connectivity index is 1.93. The minimum Gasteiger partial charge on any atom is -0.486 e. The molecule has 2 aliphatic heterocycles. The molecule has 2 aliphatic rings. The molecular formula is C15H18BrNO3. The highest BCUT2D eigenvalue weighted by atomic mass is 79.9. The van der Waals surface area contributed by atoms with E-state index in [4.69, 9.17) is 9.47 Å². The quantitative estimate of drug-likeness (QED) is 0.860. The summed E-state index contributed by atoms with van der Waals surface area (Å²) in [5.41, 5.74) is 1.68. The third kappa shape index (κ3) is 2.69. The molecule has 3 rings (SSSR count). The van der Waals surface area contributed by atoms with Crippen LogP contribution >= 0.6 is 15.9 Å². The van der Waals surface area contributed by atoms with Crippen LogP contribution in [0.1, 0.15) is 28.8 Å². The van der Waals surface area contributed by atoms with E-state index in [0.29, 0.717) is 30.4 Å². The van der Waals surface area contributed by atoms with Gasteiger partial charge in [0.15, 0.2) is 17.8 Å². The maximum absolute atomic E-state index is 11.2. The molecule has 0 saturated carbocycles. The lowest BCUT2D eigenvalue weighted by molar-refractivity contribution is 0.111. The van der Waals surface area contributed by atoms with Gasteiger partial charge in [-0.2, -0.15) is 0 Å². The number of hydrogen-bond acceptors (Lipinski definition) is 4. The monoisotopic (exact) mass is 339 g/mol. The van der Waals surface area contributed by atoms with Crippen molar-refractivity contribution in [3.8, 4) is 11.5 Å². The van der Waals surface area contributed by atoms with Gasteiger partial charge >= 0.3 is 0 Å². The van der Waals surface area contributed by atoms with Gasteiger partial charge in [-0.1, -0.05) is 0 Å². The first-order valence-corrected chi connectivity index (χ1v) is 7.85. The zero-order chi connectivity index (χ0) is 13.9. The number of carbonyl (C=O) groups is 1. The molecule has 0 aliphatic carbocycles. The summed E-state index contributed by atoms with van der Waals surface area (Å²) in [6.07, 6.45) is 4.23. The number of hydrogen-bond donors (Lipinski definition) is 1. The van der Waals surface area contributed by atoms with Crippen LogP contribution in [-0.4, -0.2) is 32.6 Å². The van der Waals surface area contributed by atoms with Crippen molar-refractivity contribution in [3.05, 3.63) is 21.7 Å². The predicted octanol–water partition coefficient (Wildman–Crippen LogP) is 2.57. The van der Waals surface area contributed by atoms with Gasteiger partial charge in [-0.25, -0.2) is 0 Å². The summed E-state index contributed by atoms with van der Waals surface area (Å²) in [6.45, 7) is 3.20. The number of benzene rings is 1. The van der Waals surface area contributed by atoms with E-state index >= 15 is 0 Å². The third-order valence-electron chi connectivity index (χ3n) is 3.90. The first kappa shape index (κ1) is 13.9. The summed E-state index contributed by atoms with van der Waals surface area (Å²) in [5, 5.41) is 3.43. The number of aldehydes is 1. The second-order valence-corrected chi connectivity index (χ2v) is 6.18. The Bertz CT molecular complexity index is 512. The summed E-state index contributed by atoms with van der Waals surface area (Å²) in [6, 6.07) is 2.01. The van der Waals surface area contributed by atoms with E-state index in [1.165, 1.54) is 12.8 Å². The molecule has 1 fully saturated rings. The van der Waals surface area contributed by atoms with Crippen molar-refractivity contribution in [1.29, 1.82) is 0 Å². The molecule has 108 valence electrons. The number of piperidine rings is 1. The van der Waals surface area contributed by atoms with Crippen molar-refractivity contribution in [2.24, 2.45) is 5.92 Å². The van der Waals surface area contributed by atoms with Crippen LogP contribution in [0.2, 0.25) is 0 Å². The third-order valence-corrected chi connectivity index (χ3v) is 4.56. The molecule has 1 atom stereocenters. The van der Waals surface area contributed by atoms with Crippen molar-refractivity contribution in [3.63, 3.8) is 0 Å². The first-order chi connectivity index (χ1) is 9.79. The maximum Gasteiger partial charge on any atom is 0.173 e. The average molecular weight is 340 g/mol. The van der Waals surface area contributed by atoms with Gasteiger partial charge in [0.2, 0.25) is 0 Å². The van der Waals surface area contributed by atoms with Crippen LogP contribution in [0.5, 0.6) is 11.5 Å². The van der Waals surface area contributed by atoms with Gasteiger partial charge in [-0.15, -0.1) is 0 Å². The van der Waals surface area contributed by atoms with Gasteiger partial charge in [0.05, 0.1) is 5.56 Å². The Hall–Kier alpha value is -1.07. The fourth-order valence-corrected chi connectivity index (χ4v) is 3.48. The molecule has 1 N–H and O–H groups in total. The van der Waals surface area contributed by atoms with Crippen molar-refractivity contribution < 1.29 is 14.3 Å². The Morgan fingerprint density at radius 1 is 1.35 bits per heavy atom. The van der Waals surface area contributed by atoms with Crippen LogP contribution < -0.4 is 14.8 Å². The summed E-state index contributed by atoms with van der Waals surface area (Å²) in [7, 11) is 0. The lowest BCUT2D eigenvalue weighted by Crippen LogP contribution is -2.31. The standard InChI is InChI=1S/C15H18BrNO3/c16-13-7-11(6-10-2-1-3-17-8-10)14-15(12(13)9-18)20-5-4-19-14/h7,9-10,17H,1-6,8H2. The zero-order valence-electron chi connectivity index (χ0n) is 11.3. The molecule has 0 bridgehead atoms. The summed E-state index contributed by atoms with van der Waals surface area (Å²) >= 11 is 3.47. The minimum atomic E-state index is 0.495. The van der Waals surface area contributed by atoms with E-state index in [9.17, 15) is 4.79 Å². The highest BCUT2D eigenvalue weighted by Crippen LogP contribution is 2.41. The van der Waals surface area contributed by atoms with E-state index in [0.717, 1.165) is 41.6 Å². The van der Waals surface area contributed by atoms with Crippen LogP contribution in [0.3, 0.4) is 0 Å². The molecule has 0 aromatic heterocycles. The molecule has 1 unspecified atom stereocenters. The van der Waals surface area contributed by atoms with Gasteiger partial charge in [-0.05, 0) is 65.8 Å². The molecule has 1 saturated heterocycles. The smallest absolute Gasteiger partial charge is 0.173 e. The molecule has 5 heteroatoms. The maximum atomic E-state index is 11.2. The number of ether oxygens (including phenoxy) is 2. The van der Waals surface area contributed by atoms with Crippen LogP contribution in [0, 0.1) is 5.92 Å². The largest absolute Gasteiger partial charge is 0.486 e. The van der Waals surface area contributed by atoms with Gasteiger partial charge < -0.3 is 14.8 Å². The summed E-state index contributed by atoms with van der Waals surface area (Å²) < 4.78 is 12.2. The van der Waals surface area contributed by atoms with Crippen molar-refractivity contribution in [2.75, 3.05) is 26.3 Å². The molecule has 0 spiro atoms. The van der Waals surface area contributed by atoms with E-state index < -0.39 is 0 Å². The number of fused-ring (bicyclic) bond motifs is 1. The van der Waals surface area contributed by atoms with Gasteiger partial charge in [0.25, 0.3) is 0 Å². The molecule has 4 nitrogen and oxygen atoms in total. The lowest BCUT2D eigenvalue weighted by Gasteiger charge is -2.27. The molecule has 0 radical (unpaired) electrons. The minimum absolute atomic E-state index is 0.495. The van der Waals surface area contributed by atoms with Gasteiger partial charge in [0, 0.05) is 4.47 Å². The molecule has 0 amide bonds. The Labute approximate surface area is 127 Å². The van der Waals surface area contributed by atoms with Crippen LogP contribution in [0.4, 0.5) is 0 Å². The van der Waals surface area contributed by atoms with Crippen molar-refractivity contribution in [1.82, 2.24) is 5.32 Å². The summed E-state index contributed by atoms with van der Waals surface area (Å²) in [4.78, 5) is 11.2. The highest BCUT2D eigenvalue weighted by Gasteiger charge is 2.24. The van der Waals surface area contributed by atoms with Crippen molar-refractivity contribution in [2.45, 2.75) is 19.3 Å². The van der Waals surface area contributed by atoms with Crippen LogP contribution in [0.25, 0.3) is 0 Å². The Morgan fingerprint density at radius 2 is 2.15 bits per heavy atom. The highest BCUT2D eigenvalue weighted by molar-refractivity contribution is 9.10. The fraction of sp³-hybridized carbons (Fsp3) is 0.533. The molecule has 1 aromatic carbocycles. The van der Waals surface area contributed by atoms with Gasteiger partial charge in [0.1, 0.15) is 13.2 Å². The van der Waals surface area contributed by atoms with Crippen molar-refractivity contribution >= 4 is 22.2 Å². The Morgan fingerprint density at radius 3 is 2.85 bits per heavy atom. The number of carbonyl (C=O) groups excluding carboxylic acids is 1. The molecule has 20 heavy (non-hydrogen) atoms. The zero-order valence-corrected chi connectivity index (χ0v) is 12.9. The second kappa shape index (κ2) is 6.14. The number of nitrogens with one attached hydrogen (secondary N) is 1. The average Bonchev–Trinajstić information content (AvgIpc) is 2.49. The topological polar surface area (TPSA) is 47.6 Å². The number of rotatable bonds is 3. The second-order valence-electron chi connectivity index (χ2n) is 5.32. The molecular weight excluding hydrogens is 322 g/mol. The van der Waals surface area contributed by atoms with Crippen LogP contribution in [-0.2, 0) is 6.42 Å². The van der Waals surface area contributed by atoms with E-state index in [-0.39, 0.29) is 0 Å². The Kier molecular flexibility index (Phi) is 4.27. The van der Waals surface area contributed by atoms with E-state index in [1.807, 2.05) is 6.07 Å². The fourth-order valence-electron chi connectivity index (χ4n) is 2.93. The SMILES string of the molecule is O=Cc1c(Br)cc(CC2CCCNC2)c2c1OCCO2. The van der Waals surface area contributed by atoms with E-state index in [1.54, 1.807) is 0 Å². The summed E-state index contributed by atoms with van der Waals surface area (Å²) in [5.74, 6) is 1.97. The number of halogens is 1.